The van der Waals surface area contributed by atoms with Crippen LogP contribution >= 0.6 is 0 Å². The molecule has 0 bridgehead atoms. The molecule has 0 N–H and O–H groups in total. The van der Waals surface area contributed by atoms with E-state index >= 15 is 0 Å². The van der Waals surface area contributed by atoms with Crippen LogP contribution in [0, 0.1) is 0 Å². The lowest BCUT2D eigenvalue weighted by Crippen LogP contribution is -2.28. The second-order valence-electron chi connectivity index (χ2n) is 4.50. The largest absolute Gasteiger partial charge is 0.461 e. The molecule has 0 saturated heterocycles. The van der Waals surface area contributed by atoms with Gasteiger partial charge in [-0.05, 0) is 32.7 Å². The molecule has 0 fully saturated rings. The van der Waals surface area contributed by atoms with Crippen LogP contribution in [-0.4, -0.2) is 37.1 Å². The van der Waals surface area contributed by atoms with Crippen molar-refractivity contribution in [3.63, 3.8) is 0 Å². The maximum absolute atomic E-state index is 11.2. The first-order chi connectivity index (χ1) is 9.11. The summed E-state index contributed by atoms with van der Waals surface area (Å²) in [6, 6.07) is 0. The van der Waals surface area contributed by atoms with Gasteiger partial charge < -0.3 is 4.74 Å². The van der Waals surface area contributed by atoms with Gasteiger partial charge in [0.05, 0.1) is 0 Å². The van der Waals surface area contributed by atoms with Crippen LogP contribution in [0.3, 0.4) is 0 Å². The summed E-state index contributed by atoms with van der Waals surface area (Å²) >= 11 is 0. The highest BCUT2D eigenvalue weighted by molar-refractivity contribution is 5.86. The van der Waals surface area contributed by atoms with E-state index in [2.05, 4.69) is 37.1 Å². The average molecular weight is 265 g/mol. The fraction of sp³-hybridized carbons (Fsp3) is 0.562. The molecule has 0 aromatic heterocycles. The van der Waals surface area contributed by atoms with Crippen LogP contribution in [0.5, 0.6) is 0 Å². The van der Waals surface area contributed by atoms with Gasteiger partial charge in [0, 0.05) is 18.7 Å². The normalized spacial score (nSPS) is 10.9. The van der Waals surface area contributed by atoms with Crippen LogP contribution in [-0.2, 0) is 9.53 Å². The molecule has 0 aliphatic heterocycles. The SMILES string of the molecule is C=CCCC/C=C/CN(CC)CCOC(=O)C(=C)C. The Hall–Kier alpha value is -1.35. The topological polar surface area (TPSA) is 29.5 Å². The van der Waals surface area contributed by atoms with Crippen molar-refractivity contribution < 1.29 is 9.53 Å². The van der Waals surface area contributed by atoms with Crippen LogP contribution in [0.2, 0.25) is 0 Å². The van der Waals surface area contributed by atoms with Crippen LogP contribution in [0.15, 0.2) is 37.0 Å². The first-order valence-corrected chi connectivity index (χ1v) is 6.92. The monoisotopic (exact) mass is 265 g/mol. The molecule has 0 aromatic carbocycles. The van der Waals surface area contributed by atoms with E-state index in [1.54, 1.807) is 6.92 Å². The van der Waals surface area contributed by atoms with Crippen molar-refractivity contribution in [2.75, 3.05) is 26.2 Å². The fourth-order valence-corrected chi connectivity index (χ4v) is 1.49. The summed E-state index contributed by atoms with van der Waals surface area (Å²) < 4.78 is 5.08. The molecular formula is C16H27NO2. The van der Waals surface area contributed by atoms with Gasteiger partial charge in [-0.2, -0.15) is 0 Å². The Morgan fingerprint density at radius 2 is 2.05 bits per heavy atom. The molecule has 0 aromatic rings. The third-order valence-electron chi connectivity index (χ3n) is 2.75. The summed E-state index contributed by atoms with van der Waals surface area (Å²) in [5.74, 6) is -0.309. The van der Waals surface area contributed by atoms with Gasteiger partial charge in [0.2, 0.25) is 0 Å². The Bertz CT molecular complexity index is 308. The van der Waals surface area contributed by atoms with Gasteiger partial charge in [-0.15, -0.1) is 6.58 Å². The van der Waals surface area contributed by atoms with Crippen molar-refractivity contribution in [3.8, 4) is 0 Å². The summed E-state index contributed by atoms with van der Waals surface area (Å²) in [7, 11) is 0. The number of hydrogen-bond acceptors (Lipinski definition) is 3. The average Bonchev–Trinajstić information content (AvgIpc) is 2.40. The summed E-state index contributed by atoms with van der Waals surface area (Å²) in [5.41, 5.74) is 0.449. The molecular weight excluding hydrogens is 238 g/mol. The zero-order valence-electron chi connectivity index (χ0n) is 12.4. The zero-order chi connectivity index (χ0) is 14.5. The number of unbranched alkanes of at least 4 members (excludes halogenated alkanes) is 2. The molecule has 3 nitrogen and oxygen atoms in total. The quantitative estimate of drug-likeness (QED) is 0.248. The van der Waals surface area contributed by atoms with Crippen molar-refractivity contribution >= 4 is 5.97 Å². The lowest BCUT2D eigenvalue weighted by Gasteiger charge is -2.18. The number of carbonyl (C=O) groups excluding carboxylic acids is 1. The molecule has 0 amide bonds. The van der Waals surface area contributed by atoms with E-state index in [0.29, 0.717) is 12.2 Å². The molecule has 108 valence electrons. The lowest BCUT2D eigenvalue weighted by atomic mass is 10.2. The molecule has 0 heterocycles. The molecule has 0 rings (SSSR count). The van der Waals surface area contributed by atoms with Crippen molar-refractivity contribution in [2.45, 2.75) is 33.1 Å². The molecule has 0 aliphatic rings. The van der Waals surface area contributed by atoms with E-state index in [9.17, 15) is 4.79 Å². The number of allylic oxidation sites excluding steroid dienone is 2. The zero-order valence-corrected chi connectivity index (χ0v) is 12.4. The van der Waals surface area contributed by atoms with E-state index in [1.807, 2.05) is 6.08 Å². The second kappa shape index (κ2) is 11.7. The van der Waals surface area contributed by atoms with E-state index in [4.69, 9.17) is 4.74 Å². The molecule has 0 aliphatic carbocycles. The lowest BCUT2D eigenvalue weighted by molar-refractivity contribution is -0.139. The molecule has 0 spiro atoms. The minimum atomic E-state index is -0.309. The number of ether oxygens (including phenoxy) is 1. The van der Waals surface area contributed by atoms with Crippen LogP contribution in [0.1, 0.15) is 33.1 Å². The van der Waals surface area contributed by atoms with E-state index < -0.39 is 0 Å². The van der Waals surface area contributed by atoms with Crippen LogP contribution < -0.4 is 0 Å². The summed E-state index contributed by atoms with van der Waals surface area (Å²) in [4.78, 5) is 13.4. The highest BCUT2D eigenvalue weighted by Gasteiger charge is 2.04. The highest BCUT2D eigenvalue weighted by atomic mass is 16.5. The molecule has 19 heavy (non-hydrogen) atoms. The van der Waals surface area contributed by atoms with Gasteiger partial charge in [0.1, 0.15) is 6.61 Å². The van der Waals surface area contributed by atoms with Gasteiger partial charge in [-0.3, -0.25) is 4.90 Å². The Morgan fingerprint density at radius 3 is 2.63 bits per heavy atom. The van der Waals surface area contributed by atoms with E-state index in [0.717, 1.165) is 38.9 Å². The molecule has 0 atom stereocenters. The Balaban J connectivity index is 3.73. The molecule has 0 radical (unpaired) electrons. The van der Waals surface area contributed by atoms with Gasteiger partial charge in [0.15, 0.2) is 0 Å². The Kier molecular flexibility index (Phi) is 10.9. The van der Waals surface area contributed by atoms with Crippen molar-refractivity contribution in [1.82, 2.24) is 4.90 Å². The van der Waals surface area contributed by atoms with Crippen molar-refractivity contribution in [1.29, 1.82) is 0 Å². The predicted octanol–water partition coefficient (Wildman–Crippen LogP) is 3.34. The van der Waals surface area contributed by atoms with Crippen molar-refractivity contribution in [3.05, 3.63) is 37.0 Å². The third kappa shape index (κ3) is 10.3. The number of nitrogens with zero attached hydrogens (tertiary/aromatic N) is 1. The Morgan fingerprint density at radius 1 is 1.32 bits per heavy atom. The standard InChI is InChI=1S/C16H27NO2/c1-5-7-8-9-10-11-12-17(6-2)13-14-19-16(18)15(3)4/h5,10-11H,1,3,6-9,12-14H2,2,4H3/b11-10+. The predicted molar refractivity (Wildman–Crippen MR) is 81.1 cm³/mol. The van der Waals surface area contributed by atoms with Gasteiger partial charge in [0.25, 0.3) is 0 Å². The molecule has 3 heteroatoms. The first kappa shape index (κ1) is 17.6. The summed E-state index contributed by atoms with van der Waals surface area (Å²) in [6.07, 6.45) is 9.64. The van der Waals surface area contributed by atoms with E-state index in [1.165, 1.54) is 0 Å². The number of rotatable bonds is 11. The number of carbonyl (C=O) groups is 1. The smallest absolute Gasteiger partial charge is 0.333 e. The van der Waals surface area contributed by atoms with Crippen LogP contribution in [0.25, 0.3) is 0 Å². The number of likely N-dealkylation sites (N-methyl/N-ethyl adjacent to an activating group) is 1. The van der Waals surface area contributed by atoms with Gasteiger partial charge >= 0.3 is 5.97 Å². The molecule has 0 saturated carbocycles. The minimum absolute atomic E-state index is 0.309. The highest BCUT2D eigenvalue weighted by Crippen LogP contribution is 1.98. The number of hydrogen-bond donors (Lipinski definition) is 0. The molecule has 0 unspecified atom stereocenters. The van der Waals surface area contributed by atoms with E-state index in [-0.39, 0.29) is 5.97 Å². The summed E-state index contributed by atoms with van der Waals surface area (Å²) in [6.45, 7) is 14.0. The van der Waals surface area contributed by atoms with Crippen LogP contribution in [0.4, 0.5) is 0 Å². The number of esters is 1. The Labute approximate surface area is 117 Å². The summed E-state index contributed by atoms with van der Waals surface area (Å²) in [5, 5.41) is 0. The van der Waals surface area contributed by atoms with Gasteiger partial charge in [-0.25, -0.2) is 4.79 Å². The van der Waals surface area contributed by atoms with Gasteiger partial charge in [-0.1, -0.05) is 31.7 Å². The minimum Gasteiger partial charge on any atom is -0.461 e. The first-order valence-electron chi connectivity index (χ1n) is 6.92. The second-order valence-corrected chi connectivity index (χ2v) is 4.50. The fourth-order valence-electron chi connectivity index (χ4n) is 1.49. The maximum Gasteiger partial charge on any atom is 0.333 e. The third-order valence-corrected chi connectivity index (χ3v) is 2.75. The van der Waals surface area contributed by atoms with Crippen molar-refractivity contribution in [2.24, 2.45) is 0 Å². The maximum atomic E-state index is 11.2.